The Morgan fingerprint density at radius 3 is 2.81 bits per heavy atom. The van der Waals surface area contributed by atoms with Gasteiger partial charge < -0.3 is 5.32 Å². The first-order valence-electron chi connectivity index (χ1n) is 6.90. The van der Waals surface area contributed by atoms with Crippen LogP contribution in [0.25, 0.3) is 0 Å². The number of para-hydroxylation sites is 1. The minimum atomic E-state index is 0.00251. The van der Waals surface area contributed by atoms with E-state index in [2.05, 4.69) is 28.2 Å². The molecule has 21 heavy (non-hydrogen) atoms. The quantitative estimate of drug-likeness (QED) is 0.791. The van der Waals surface area contributed by atoms with Crippen LogP contribution in [0, 0.1) is 6.92 Å². The normalized spacial score (nSPS) is 10.6. The van der Waals surface area contributed by atoms with E-state index in [0.29, 0.717) is 13.1 Å². The molecule has 0 saturated heterocycles. The van der Waals surface area contributed by atoms with E-state index in [-0.39, 0.29) is 5.91 Å². The van der Waals surface area contributed by atoms with Crippen LogP contribution in [-0.4, -0.2) is 23.9 Å². The van der Waals surface area contributed by atoms with Crippen LogP contribution < -0.4 is 5.32 Å². The van der Waals surface area contributed by atoms with Crippen molar-refractivity contribution in [2.45, 2.75) is 13.5 Å². The summed E-state index contributed by atoms with van der Waals surface area (Å²) in [6.07, 6.45) is 1.83. The Morgan fingerprint density at radius 2 is 2.14 bits per heavy atom. The number of carbonyl (C=O) groups excluding carboxylic acids is 1. The van der Waals surface area contributed by atoms with Crippen molar-refractivity contribution in [3.63, 3.8) is 0 Å². The lowest BCUT2D eigenvalue weighted by molar-refractivity contribution is -0.117. The Balaban J connectivity index is 1.95. The fourth-order valence-corrected chi connectivity index (χ4v) is 2.84. The highest BCUT2D eigenvalue weighted by Gasteiger charge is 2.11. The number of nitrogens with zero attached hydrogens (tertiary/aromatic N) is 1. The molecule has 0 radical (unpaired) electrons. The molecule has 1 aromatic carbocycles. The minimum Gasteiger partial charge on any atom is -0.325 e. The number of rotatable bonds is 7. The maximum Gasteiger partial charge on any atom is 0.238 e. The molecule has 0 saturated carbocycles. The molecule has 4 heteroatoms. The van der Waals surface area contributed by atoms with E-state index < -0.39 is 0 Å². The van der Waals surface area contributed by atoms with Gasteiger partial charge in [0.2, 0.25) is 5.91 Å². The van der Waals surface area contributed by atoms with Gasteiger partial charge in [-0.1, -0.05) is 30.3 Å². The van der Waals surface area contributed by atoms with Gasteiger partial charge in [0.15, 0.2) is 0 Å². The Labute approximate surface area is 129 Å². The second-order valence-electron chi connectivity index (χ2n) is 4.90. The molecular weight excluding hydrogens is 280 g/mol. The van der Waals surface area contributed by atoms with Crippen molar-refractivity contribution in [1.82, 2.24) is 4.90 Å². The summed E-state index contributed by atoms with van der Waals surface area (Å²) in [6.45, 7) is 7.58. The number of nitrogens with one attached hydrogen (secondary N) is 1. The van der Waals surface area contributed by atoms with E-state index in [9.17, 15) is 4.79 Å². The molecule has 0 fully saturated rings. The highest BCUT2D eigenvalue weighted by molar-refractivity contribution is 7.09. The van der Waals surface area contributed by atoms with Crippen molar-refractivity contribution in [2.75, 3.05) is 18.4 Å². The first-order valence-corrected chi connectivity index (χ1v) is 7.78. The van der Waals surface area contributed by atoms with Crippen LogP contribution in [-0.2, 0) is 11.3 Å². The fourth-order valence-electron chi connectivity index (χ4n) is 2.10. The molecule has 0 spiro atoms. The summed E-state index contributed by atoms with van der Waals surface area (Å²) in [5, 5.41) is 5.02. The smallest absolute Gasteiger partial charge is 0.238 e. The fraction of sp³-hybridized carbons (Fsp3) is 0.235. The Kier molecular flexibility index (Phi) is 5.72. The van der Waals surface area contributed by atoms with Gasteiger partial charge >= 0.3 is 0 Å². The molecule has 0 aliphatic carbocycles. The third-order valence-electron chi connectivity index (χ3n) is 3.13. The van der Waals surface area contributed by atoms with E-state index in [0.717, 1.165) is 17.8 Å². The Morgan fingerprint density at radius 1 is 1.33 bits per heavy atom. The third kappa shape index (κ3) is 4.85. The molecule has 1 N–H and O–H groups in total. The molecular formula is C17H20N2OS. The van der Waals surface area contributed by atoms with Crippen LogP contribution in [0.3, 0.4) is 0 Å². The van der Waals surface area contributed by atoms with Gasteiger partial charge in [0, 0.05) is 23.7 Å². The number of benzene rings is 1. The molecule has 1 aromatic heterocycles. The minimum absolute atomic E-state index is 0.00251. The maximum absolute atomic E-state index is 12.2. The van der Waals surface area contributed by atoms with E-state index in [1.165, 1.54) is 4.88 Å². The van der Waals surface area contributed by atoms with Crippen LogP contribution in [0.5, 0.6) is 0 Å². The molecule has 0 bridgehead atoms. The number of hydrogen-bond acceptors (Lipinski definition) is 3. The van der Waals surface area contributed by atoms with E-state index in [1.807, 2.05) is 43.3 Å². The molecule has 0 aliphatic heterocycles. The molecule has 3 nitrogen and oxygen atoms in total. The molecule has 0 atom stereocenters. The lowest BCUT2D eigenvalue weighted by Gasteiger charge is -2.19. The van der Waals surface area contributed by atoms with Gasteiger partial charge in [-0.15, -0.1) is 17.9 Å². The maximum atomic E-state index is 12.2. The molecule has 2 rings (SSSR count). The summed E-state index contributed by atoms with van der Waals surface area (Å²) in [4.78, 5) is 15.5. The number of anilines is 1. The summed E-state index contributed by atoms with van der Waals surface area (Å²) < 4.78 is 0. The Bertz CT molecular complexity index is 593. The van der Waals surface area contributed by atoms with Crippen molar-refractivity contribution in [3.05, 3.63) is 64.9 Å². The number of hydrogen-bond donors (Lipinski definition) is 1. The predicted octanol–water partition coefficient (Wildman–Crippen LogP) is 3.68. The highest BCUT2D eigenvalue weighted by atomic mass is 32.1. The van der Waals surface area contributed by atoms with Gasteiger partial charge in [-0.2, -0.15) is 0 Å². The summed E-state index contributed by atoms with van der Waals surface area (Å²) in [7, 11) is 0. The first kappa shape index (κ1) is 15.5. The monoisotopic (exact) mass is 300 g/mol. The SMILES string of the molecule is C=CCN(CC(=O)Nc1ccccc1C)Cc1cccs1. The van der Waals surface area contributed by atoms with Gasteiger partial charge in [-0.3, -0.25) is 9.69 Å². The van der Waals surface area contributed by atoms with Crippen molar-refractivity contribution in [3.8, 4) is 0 Å². The van der Waals surface area contributed by atoms with Crippen molar-refractivity contribution in [1.29, 1.82) is 0 Å². The summed E-state index contributed by atoms with van der Waals surface area (Å²) in [6, 6.07) is 11.9. The lowest BCUT2D eigenvalue weighted by atomic mass is 10.2. The zero-order valence-corrected chi connectivity index (χ0v) is 13.0. The largest absolute Gasteiger partial charge is 0.325 e. The molecule has 0 unspecified atom stereocenters. The highest BCUT2D eigenvalue weighted by Crippen LogP contribution is 2.14. The molecule has 2 aromatic rings. The molecule has 110 valence electrons. The zero-order chi connectivity index (χ0) is 15.1. The average Bonchev–Trinajstić information content (AvgIpc) is 2.94. The number of thiophene rings is 1. The number of amides is 1. The Hall–Kier alpha value is -1.91. The van der Waals surface area contributed by atoms with E-state index >= 15 is 0 Å². The zero-order valence-electron chi connectivity index (χ0n) is 12.2. The van der Waals surface area contributed by atoms with Gasteiger partial charge in [0.25, 0.3) is 0 Å². The van der Waals surface area contributed by atoms with Gasteiger partial charge in [-0.25, -0.2) is 0 Å². The first-order chi connectivity index (χ1) is 10.2. The molecule has 1 heterocycles. The third-order valence-corrected chi connectivity index (χ3v) is 3.99. The van der Waals surface area contributed by atoms with Crippen molar-refractivity contribution >= 4 is 22.9 Å². The van der Waals surface area contributed by atoms with Crippen molar-refractivity contribution in [2.24, 2.45) is 0 Å². The van der Waals surface area contributed by atoms with Crippen LogP contribution in [0.2, 0.25) is 0 Å². The van der Waals surface area contributed by atoms with E-state index in [1.54, 1.807) is 11.3 Å². The predicted molar refractivity (Wildman–Crippen MR) is 89.6 cm³/mol. The van der Waals surface area contributed by atoms with E-state index in [4.69, 9.17) is 0 Å². The summed E-state index contributed by atoms with van der Waals surface area (Å²) >= 11 is 1.70. The van der Waals surface area contributed by atoms with Crippen molar-refractivity contribution < 1.29 is 4.79 Å². The van der Waals surface area contributed by atoms with Gasteiger partial charge in [0.05, 0.1) is 6.54 Å². The molecule has 0 aliphatic rings. The summed E-state index contributed by atoms with van der Waals surface area (Å²) in [5.41, 5.74) is 1.94. The van der Waals surface area contributed by atoms with Crippen LogP contribution in [0.15, 0.2) is 54.4 Å². The number of aryl methyl sites for hydroxylation is 1. The second-order valence-corrected chi connectivity index (χ2v) is 5.93. The second kappa shape index (κ2) is 7.76. The van der Waals surface area contributed by atoms with Crippen LogP contribution in [0.1, 0.15) is 10.4 Å². The molecule has 1 amide bonds. The van der Waals surface area contributed by atoms with Gasteiger partial charge in [0.1, 0.15) is 0 Å². The average molecular weight is 300 g/mol. The van der Waals surface area contributed by atoms with Crippen LogP contribution in [0.4, 0.5) is 5.69 Å². The van der Waals surface area contributed by atoms with Crippen LogP contribution >= 0.6 is 11.3 Å². The lowest BCUT2D eigenvalue weighted by Crippen LogP contribution is -2.33. The standard InChI is InChI=1S/C17H20N2OS/c1-3-10-19(12-15-8-6-11-21-15)13-17(20)18-16-9-5-4-7-14(16)2/h3-9,11H,1,10,12-13H2,2H3,(H,18,20). The topological polar surface area (TPSA) is 32.3 Å². The summed E-state index contributed by atoms with van der Waals surface area (Å²) in [5.74, 6) is 0.00251. The number of carbonyl (C=O) groups is 1. The van der Waals surface area contributed by atoms with Gasteiger partial charge in [-0.05, 0) is 30.0 Å².